The molecular formula is C50H49F2N11O5. The molecule has 1 N–H and O–H groups in total. The van der Waals surface area contributed by atoms with Gasteiger partial charge in [0, 0.05) is 54.8 Å². The summed E-state index contributed by atoms with van der Waals surface area (Å²) in [5.41, 5.74) is 5.21. The smallest absolute Gasteiger partial charge is 0.376 e. The molecule has 4 atom stereocenters. The van der Waals surface area contributed by atoms with Crippen LogP contribution in [0.5, 0.6) is 0 Å². The van der Waals surface area contributed by atoms with Gasteiger partial charge in [-0.2, -0.15) is 10.2 Å². The van der Waals surface area contributed by atoms with Crippen LogP contribution in [0.15, 0.2) is 70.2 Å². The first-order valence-electron chi connectivity index (χ1n) is 23.1. The van der Waals surface area contributed by atoms with Crippen LogP contribution in [0.1, 0.15) is 109 Å². The van der Waals surface area contributed by atoms with Crippen LogP contribution >= 0.6 is 0 Å². The fourth-order valence-corrected chi connectivity index (χ4v) is 11.4. The molecule has 3 aromatic carbocycles. The molecule has 2 fully saturated rings. The van der Waals surface area contributed by atoms with Crippen molar-refractivity contribution < 1.29 is 27.6 Å². The Hall–Kier alpha value is -7.21. The van der Waals surface area contributed by atoms with E-state index in [1.54, 1.807) is 65.6 Å². The summed E-state index contributed by atoms with van der Waals surface area (Å²) in [6.07, 6.45) is 5.72. The van der Waals surface area contributed by atoms with Crippen LogP contribution in [0.4, 0.5) is 19.4 Å². The monoisotopic (exact) mass is 921 g/mol. The quantitative estimate of drug-likeness (QED) is 0.165. The number of carbonyl (C=O) groups excluding carboxylic acids is 2. The molecule has 1 saturated heterocycles. The Labute approximate surface area is 388 Å². The van der Waals surface area contributed by atoms with Crippen molar-refractivity contribution in [3.63, 3.8) is 0 Å². The molecule has 12 rings (SSSR count). The molecule has 0 spiro atoms. The maximum absolute atomic E-state index is 15.9. The molecule has 2 amide bonds. The van der Waals surface area contributed by atoms with Crippen molar-refractivity contribution in [3.05, 3.63) is 128 Å². The highest BCUT2D eigenvalue weighted by Crippen LogP contribution is 2.56. The summed E-state index contributed by atoms with van der Waals surface area (Å²) in [6, 6.07) is 14.1. The van der Waals surface area contributed by atoms with Gasteiger partial charge in [-0.1, -0.05) is 18.1 Å². The van der Waals surface area contributed by atoms with E-state index in [-0.39, 0.29) is 41.3 Å². The van der Waals surface area contributed by atoms with Gasteiger partial charge in [-0.3, -0.25) is 28.5 Å². The summed E-state index contributed by atoms with van der Waals surface area (Å²) in [5.74, 6) is -0.300. The molecule has 3 aliphatic heterocycles. The molecule has 8 aromatic rings. The van der Waals surface area contributed by atoms with Gasteiger partial charge in [0.2, 0.25) is 0 Å². The van der Waals surface area contributed by atoms with Crippen LogP contribution in [-0.2, 0) is 30.3 Å². The van der Waals surface area contributed by atoms with E-state index in [2.05, 4.69) is 54.2 Å². The summed E-state index contributed by atoms with van der Waals surface area (Å²) in [5, 5.41) is 14.7. The van der Waals surface area contributed by atoms with Crippen LogP contribution < -0.4 is 10.7 Å². The van der Waals surface area contributed by atoms with E-state index in [4.69, 9.17) is 19.3 Å². The number of aromatic amines is 1. The zero-order valence-corrected chi connectivity index (χ0v) is 38.7. The van der Waals surface area contributed by atoms with E-state index in [9.17, 15) is 9.59 Å². The minimum atomic E-state index is -0.854. The average molecular weight is 922 g/mol. The lowest BCUT2D eigenvalue weighted by Crippen LogP contribution is -2.41. The third-order valence-electron chi connectivity index (χ3n) is 15.0. The van der Waals surface area contributed by atoms with Crippen LogP contribution in [-0.4, -0.2) is 79.4 Å². The zero-order valence-electron chi connectivity index (χ0n) is 38.7. The number of aromatic nitrogens is 9. The molecule has 5 aromatic heterocycles. The van der Waals surface area contributed by atoms with Crippen LogP contribution in [0, 0.1) is 31.4 Å². The Bertz CT molecular complexity index is 3490. The largest absolute Gasteiger partial charge is 0.438 e. The average Bonchev–Trinajstić information content (AvgIpc) is 4.02. The first-order valence-corrected chi connectivity index (χ1v) is 23.1. The van der Waals surface area contributed by atoms with E-state index in [1.807, 2.05) is 22.5 Å². The number of aryl methyl sites for hydroxylation is 3. The number of benzene rings is 3. The Morgan fingerprint density at radius 3 is 2.44 bits per heavy atom. The number of nitrogens with zero attached hydrogens (tertiary/aromatic N) is 10. The van der Waals surface area contributed by atoms with Crippen LogP contribution in [0.2, 0.25) is 0 Å². The number of hydrogen-bond acceptors (Lipinski definition) is 9. The Balaban J connectivity index is 0.961. The molecule has 348 valence electrons. The number of fused-ring (bicyclic) bond motifs is 4. The Morgan fingerprint density at radius 2 is 1.74 bits per heavy atom. The highest BCUT2D eigenvalue weighted by Gasteiger charge is 2.59. The first-order chi connectivity index (χ1) is 32.5. The molecule has 1 saturated carbocycles. The molecule has 18 heteroatoms. The van der Waals surface area contributed by atoms with Gasteiger partial charge in [0.15, 0.2) is 5.82 Å². The number of halogens is 2. The highest BCUT2D eigenvalue weighted by molar-refractivity contribution is 6.01. The predicted octanol–water partition coefficient (Wildman–Crippen LogP) is 8.35. The Morgan fingerprint density at radius 1 is 0.971 bits per heavy atom. The molecular weight excluding hydrogens is 873 g/mol. The number of hydrogen-bond donors (Lipinski definition) is 1. The van der Waals surface area contributed by atoms with Crippen molar-refractivity contribution in [2.45, 2.75) is 96.9 Å². The van der Waals surface area contributed by atoms with Gasteiger partial charge in [0.1, 0.15) is 34.5 Å². The van der Waals surface area contributed by atoms with Gasteiger partial charge < -0.3 is 14.2 Å². The first kappa shape index (κ1) is 42.2. The zero-order chi connectivity index (χ0) is 47.3. The summed E-state index contributed by atoms with van der Waals surface area (Å²) in [4.78, 5) is 53.8. The van der Waals surface area contributed by atoms with Crippen LogP contribution in [0.3, 0.4) is 0 Å². The van der Waals surface area contributed by atoms with Crippen molar-refractivity contribution in [1.29, 1.82) is 0 Å². The van der Waals surface area contributed by atoms with Gasteiger partial charge >= 0.3 is 11.8 Å². The topological polar surface area (TPSA) is 167 Å². The third kappa shape index (κ3) is 6.14. The maximum atomic E-state index is 15.9. The van der Waals surface area contributed by atoms with E-state index >= 15 is 13.6 Å². The number of rotatable bonds is 7. The number of imidazole rings is 1. The van der Waals surface area contributed by atoms with E-state index in [0.717, 1.165) is 23.7 Å². The molecule has 0 radical (unpaired) electrons. The van der Waals surface area contributed by atoms with Crippen molar-refractivity contribution in [3.8, 4) is 16.9 Å². The van der Waals surface area contributed by atoms with Crippen molar-refractivity contribution >= 4 is 39.6 Å². The summed E-state index contributed by atoms with van der Waals surface area (Å²) >= 11 is 0. The third-order valence-corrected chi connectivity index (χ3v) is 15.0. The second-order valence-corrected chi connectivity index (χ2v) is 19.8. The lowest BCUT2D eigenvalue weighted by Gasteiger charge is -2.35. The SMILES string of the molecule is Cc1cc(-n2nc3c(c2N2Cc4nc(-c5ccc6c(cnn6C)c5F)cn4C2=O)[C@H](C)N(C(=O)c2cc4cc([C@H]5CCOC(C)(C)C5)ccc4n2[C@@]2(c4noc(=O)[nH]4)C[C@@H]2C)CC3)cc(C)c1F. The maximum Gasteiger partial charge on any atom is 0.438 e. The number of carbonyl (C=O) groups is 2. The number of amides is 2. The Kier molecular flexibility index (Phi) is 9.08. The summed E-state index contributed by atoms with van der Waals surface area (Å²) < 4.78 is 48.9. The molecule has 8 heterocycles. The highest BCUT2D eigenvalue weighted by atomic mass is 19.1. The van der Waals surface area contributed by atoms with Gasteiger partial charge in [-0.25, -0.2) is 28.0 Å². The summed E-state index contributed by atoms with van der Waals surface area (Å²) in [6.45, 7) is 12.6. The number of ether oxygens (including phenoxy) is 1. The van der Waals surface area contributed by atoms with E-state index in [0.29, 0.717) is 93.8 Å². The van der Waals surface area contributed by atoms with Crippen LogP contribution in [0.25, 0.3) is 38.8 Å². The minimum absolute atomic E-state index is 0.00190. The molecule has 16 nitrogen and oxygen atoms in total. The lowest BCUT2D eigenvalue weighted by molar-refractivity contribution is -0.0592. The lowest BCUT2D eigenvalue weighted by atomic mass is 9.83. The number of nitrogens with one attached hydrogen (secondary N) is 1. The van der Waals surface area contributed by atoms with Crippen molar-refractivity contribution in [1.82, 2.24) is 48.7 Å². The predicted molar refractivity (Wildman–Crippen MR) is 247 cm³/mol. The molecule has 1 aliphatic carbocycles. The second kappa shape index (κ2) is 14.6. The molecule has 0 bridgehead atoms. The minimum Gasteiger partial charge on any atom is -0.376 e. The fraction of sp³-hybridized carbons (Fsp3) is 0.380. The number of anilines is 1. The molecule has 4 aliphatic rings. The van der Waals surface area contributed by atoms with Gasteiger partial charge in [0.25, 0.3) is 5.91 Å². The summed E-state index contributed by atoms with van der Waals surface area (Å²) in [7, 11) is 1.74. The molecule has 68 heavy (non-hydrogen) atoms. The normalized spacial score (nSPS) is 22.1. The fourth-order valence-electron chi connectivity index (χ4n) is 11.4. The van der Waals surface area contributed by atoms with Crippen molar-refractivity contribution in [2.24, 2.45) is 13.0 Å². The second-order valence-electron chi connectivity index (χ2n) is 19.8. The van der Waals surface area contributed by atoms with Gasteiger partial charge in [-0.05, 0) is 125 Å². The van der Waals surface area contributed by atoms with Crippen molar-refractivity contribution in [2.75, 3.05) is 18.1 Å². The molecule has 0 unspecified atom stereocenters. The van der Waals surface area contributed by atoms with E-state index in [1.165, 1.54) is 16.3 Å². The standard InChI is InChI=1S/C50H49F2N11O5/c1-25-16-32(17-26(2)42(25)51)63-44(61-24-40-54-36(23-60(40)48(61)66)33-9-11-38-34(43(33)52)22-53-58(38)7)41-28(4)59(14-12-35(41)56-63)45(64)39-19-31-18-29(30-13-15-67-49(5,6)21-30)8-10-37(31)62(39)50(20-27(50)3)46-55-47(65)68-57-46/h8-11,16-19,22-23,27-28,30H,12-15,20-21,24H2,1-7H3,(H,55,57,65)/t27-,28-,30-,50-/m0/s1. The van der Waals surface area contributed by atoms with Gasteiger partial charge in [-0.15, -0.1) is 0 Å². The number of H-pyrrole nitrogens is 1. The van der Waals surface area contributed by atoms with E-state index < -0.39 is 29.2 Å². The van der Waals surface area contributed by atoms with Gasteiger partial charge in [0.05, 0.1) is 52.4 Å².